The molecule has 0 saturated carbocycles. The zero-order valence-corrected chi connectivity index (χ0v) is 26.2. The van der Waals surface area contributed by atoms with Crippen LogP contribution in [0, 0.1) is 13.8 Å². The first-order chi connectivity index (χ1) is 19.2. The second kappa shape index (κ2) is 13.5. The fraction of sp³-hybridized carbons (Fsp3) is 0.375. The van der Waals surface area contributed by atoms with Crippen LogP contribution in [0.15, 0.2) is 77.7 Å². The van der Waals surface area contributed by atoms with Gasteiger partial charge in [0.2, 0.25) is 11.8 Å². The smallest absolute Gasteiger partial charge is 0.264 e. The number of nitrogens with one attached hydrogen (secondary N) is 1. The van der Waals surface area contributed by atoms with Crippen LogP contribution in [0.4, 0.5) is 5.69 Å². The van der Waals surface area contributed by atoms with E-state index in [4.69, 9.17) is 11.6 Å². The summed E-state index contributed by atoms with van der Waals surface area (Å²) in [6.45, 7) is 10.8. The highest BCUT2D eigenvalue weighted by Gasteiger charge is 2.35. The van der Waals surface area contributed by atoms with Crippen molar-refractivity contribution in [3.8, 4) is 0 Å². The van der Waals surface area contributed by atoms with Crippen LogP contribution < -0.4 is 9.62 Å². The van der Waals surface area contributed by atoms with E-state index in [1.54, 1.807) is 37.3 Å². The van der Waals surface area contributed by atoms with Crippen molar-refractivity contribution in [1.82, 2.24) is 10.2 Å². The maximum atomic E-state index is 14.2. The van der Waals surface area contributed by atoms with E-state index in [1.807, 2.05) is 65.0 Å². The predicted octanol–water partition coefficient (Wildman–Crippen LogP) is 5.92. The number of sulfonamides is 1. The fourth-order valence-electron chi connectivity index (χ4n) is 4.57. The molecule has 0 spiro atoms. The number of anilines is 1. The third kappa shape index (κ3) is 8.33. The third-order valence-corrected chi connectivity index (χ3v) is 8.95. The lowest BCUT2D eigenvalue weighted by atomic mass is 10.1. The lowest BCUT2D eigenvalue weighted by Crippen LogP contribution is -2.56. The molecule has 3 aromatic carbocycles. The van der Waals surface area contributed by atoms with Crippen molar-refractivity contribution in [2.45, 2.75) is 70.9 Å². The minimum atomic E-state index is -4.16. The molecule has 1 N–H and O–H groups in total. The molecule has 0 unspecified atom stereocenters. The van der Waals surface area contributed by atoms with Gasteiger partial charge in [0.15, 0.2) is 0 Å². The van der Waals surface area contributed by atoms with Gasteiger partial charge >= 0.3 is 0 Å². The van der Waals surface area contributed by atoms with Gasteiger partial charge in [0.05, 0.1) is 10.6 Å². The zero-order chi connectivity index (χ0) is 30.4. The molecule has 220 valence electrons. The van der Waals surface area contributed by atoms with E-state index in [-0.39, 0.29) is 17.3 Å². The number of aryl methyl sites for hydroxylation is 1. The number of halogens is 1. The lowest BCUT2D eigenvalue weighted by Gasteiger charge is -2.35. The van der Waals surface area contributed by atoms with Gasteiger partial charge in [-0.3, -0.25) is 13.9 Å². The van der Waals surface area contributed by atoms with E-state index >= 15 is 0 Å². The molecular formula is C32H40ClN3O4S. The van der Waals surface area contributed by atoms with Crippen LogP contribution in [0.3, 0.4) is 0 Å². The summed E-state index contributed by atoms with van der Waals surface area (Å²) >= 11 is 6.40. The lowest BCUT2D eigenvalue weighted by molar-refractivity contribution is -0.140. The number of amides is 2. The molecule has 0 aliphatic rings. The Hall–Kier alpha value is -3.36. The Balaban J connectivity index is 2.06. The molecule has 1 atom stereocenters. The van der Waals surface area contributed by atoms with Gasteiger partial charge in [0.25, 0.3) is 10.0 Å². The fourth-order valence-corrected chi connectivity index (χ4v) is 6.21. The van der Waals surface area contributed by atoms with Crippen LogP contribution in [0.2, 0.25) is 5.02 Å². The summed E-state index contributed by atoms with van der Waals surface area (Å²) in [5.74, 6) is -0.764. The van der Waals surface area contributed by atoms with Crippen molar-refractivity contribution < 1.29 is 18.0 Å². The molecular weight excluding hydrogens is 558 g/mol. The summed E-state index contributed by atoms with van der Waals surface area (Å²) in [6.07, 6.45) is 0.871. The van der Waals surface area contributed by atoms with Gasteiger partial charge in [-0.1, -0.05) is 72.6 Å². The van der Waals surface area contributed by atoms with E-state index < -0.39 is 34.1 Å². The van der Waals surface area contributed by atoms with Gasteiger partial charge in [-0.25, -0.2) is 8.42 Å². The van der Waals surface area contributed by atoms with Gasteiger partial charge in [-0.2, -0.15) is 0 Å². The van der Waals surface area contributed by atoms with Crippen LogP contribution in [0.25, 0.3) is 0 Å². The number of benzene rings is 3. The summed E-state index contributed by atoms with van der Waals surface area (Å²) in [5.41, 5.74) is 2.25. The first kappa shape index (κ1) is 32.2. The van der Waals surface area contributed by atoms with Crippen LogP contribution >= 0.6 is 11.6 Å². The van der Waals surface area contributed by atoms with Gasteiger partial charge < -0.3 is 10.2 Å². The first-order valence-electron chi connectivity index (χ1n) is 13.7. The average Bonchev–Trinajstić information content (AvgIpc) is 2.91. The van der Waals surface area contributed by atoms with Crippen LogP contribution in [-0.4, -0.2) is 49.8 Å². The number of hydrogen-bond acceptors (Lipinski definition) is 4. The van der Waals surface area contributed by atoms with Gasteiger partial charge in [-0.15, -0.1) is 0 Å². The second-order valence-electron chi connectivity index (χ2n) is 11.2. The zero-order valence-electron chi connectivity index (χ0n) is 24.6. The minimum Gasteiger partial charge on any atom is -0.350 e. The summed E-state index contributed by atoms with van der Waals surface area (Å²) in [7, 11) is -4.16. The predicted molar refractivity (Wildman–Crippen MR) is 166 cm³/mol. The highest BCUT2D eigenvalue weighted by Crippen LogP contribution is 2.31. The molecule has 41 heavy (non-hydrogen) atoms. The topological polar surface area (TPSA) is 86.8 Å². The molecule has 2 amide bonds. The molecule has 0 aromatic heterocycles. The quantitative estimate of drug-likeness (QED) is 0.297. The molecule has 0 heterocycles. The van der Waals surface area contributed by atoms with Crippen molar-refractivity contribution in [2.75, 3.05) is 17.4 Å². The number of hydrogen-bond donors (Lipinski definition) is 1. The van der Waals surface area contributed by atoms with Gasteiger partial charge in [0, 0.05) is 17.1 Å². The molecule has 3 aromatic rings. The highest BCUT2D eigenvalue weighted by atomic mass is 35.5. The Morgan fingerprint density at radius 2 is 1.56 bits per heavy atom. The molecule has 0 fully saturated rings. The second-order valence-corrected chi connectivity index (χ2v) is 13.5. The van der Waals surface area contributed by atoms with E-state index in [2.05, 4.69) is 5.32 Å². The summed E-state index contributed by atoms with van der Waals surface area (Å²) < 4.78 is 29.2. The molecule has 9 heteroatoms. The molecule has 0 radical (unpaired) electrons. The maximum absolute atomic E-state index is 14.2. The summed E-state index contributed by atoms with van der Waals surface area (Å²) in [4.78, 5) is 29.1. The van der Waals surface area contributed by atoms with E-state index in [1.165, 1.54) is 17.0 Å². The molecule has 3 rings (SSSR count). The molecule has 0 bridgehead atoms. The monoisotopic (exact) mass is 597 g/mol. The summed E-state index contributed by atoms with van der Waals surface area (Å²) in [5, 5.41) is 3.37. The molecule has 0 saturated heterocycles. The minimum absolute atomic E-state index is 0.0589. The SMILES string of the molecule is CC[C@@H](C(=O)NC(C)(C)C)N(CCc1ccccc1)C(=O)CN(c1cccc(Cl)c1C)S(=O)(=O)c1ccc(C)cc1. The van der Waals surface area contributed by atoms with Crippen molar-refractivity contribution in [1.29, 1.82) is 0 Å². The van der Waals surface area contributed by atoms with Crippen molar-refractivity contribution in [3.63, 3.8) is 0 Å². The number of rotatable bonds is 11. The molecule has 0 aliphatic carbocycles. The Kier molecular flexibility index (Phi) is 10.6. The third-order valence-electron chi connectivity index (χ3n) is 6.76. The maximum Gasteiger partial charge on any atom is 0.264 e. The Labute approximate surface area is 249 Å². The van der Waals surface area contributed by atoms with Crippen LogP contribution in [-0.2, 0) is 26.0 Å². The molecule has 7 nitrogen and oxygen atoms in total. The van der Waals surface area contributed by atoms with Gasteiger partial charge in [-0.05, 0) is 82.9 Å². The highest BCUT2D eigenvalue weighted by molar-refractivity contribution is 7.92. The van der Waals surface area contributed by atoms with Crippen molar-refractivity contribution in [3.05, 3.63) is 94.5 Å². The Morgan fingerprint density at radius 1 is 0.927 bits per heavy atom. The van der Waals surface area contributed by atoms with Gasteiger partial charge in [0.1, 0.15) is 12.6 Å². The van der Waals surface area contributed by atoms with E-state index in [0.717, 1.165) is 15.4 Å². The molecule has 0 aliphatic heterocycles. The number of carbonyl (C=O) groups excluding carboxylic acids is 2. The Bertz CT molecular complexity index is 1450. The largest absolute Gasteiger partial charge is 0.350 e. The summed E-state index contributed by atoms with van der Waals surface area (Å²) in [6, 6.07) is 20.4. The normalized spacial score (nSPS) is 12.5. The van der Waals surface area contributed by atoms with Crippen molar-refractivity contribution in [2.24, 2.45) is 0 Å². The first-order valence-corrected chi connectivity index (χ1v) is 15.6. The van der Waals surface area contributed by atoms with E-state index in [0.29, 0.717) is 29.1 Å². The Morgan fingerprint density at radius 3 is 2.15 bits per heavy atom. The average molecular weight is 598 g/mol. The van der Waals surface area contributed by atoms with Crippen LogP contribution in [0.1, 0.15) is 50.8 Å². The number of nitrogens with zero attached hydrogens (tertiary/aromatic N) is 2. The standard InChI is InChI=1S/C32H40ClN3O4S/c1-7-28(31(38)34-32(4,5)6)35(21-20-25-12-9-8-10-13-25)30(37)22-36(29-15-11-14-27(33)24(29)3)41(39,40)26-18-16-23(2)17-19-26/h8-19,28H,7,20-22H2,1-6H3,(H,34,38)/t28-/m0/s1. The number of carbonyl (C=O) groups is 2. The van der Waals surface area contributed by atoms with Crippen molar-refractivity contribution >= 4 is 39.1 Å². The van der Waals surface area contributed by atoms with E-state index in [9.17, 15) is 18.0 Å². The van der Waals surface area contributed by atoms with Crippen LogP contribution in [0.5, 0.6) is 0 Å².